The number of benzene rings is 1. The average Bonchev–Trinajstić information content (AvgIpc) is 2.65. The molecule has 0 fully saturated rings. The normalized spacial score (nSPS) is 12.9. The second-order valence-electron chi connectivity index (χ2n) is 3.89. The molecule has 0 radical (unpaired) electrons. The number of nitrogens with zero attached hydrogens (tertiary/aromatic N) is 1. The van der Waals surface area contributed by atoms with Crippen LogP contribution in [0.1, 0.15) is 6.92 Å². The van der Waals surface area contributed by atoms with E-state index in [0.717, 1.165) is 5.69 Å². The van der Waals surface area contributed by atoms with Crippen molar-refractivity contribution in [1.82, 2.24) is 4.98 Å². The Morgan fingerprint density at radius 1 is 1.56 bits per heavy atom. The van der Waals surface area contributed by atoms with Crippen LogP contribution in [-0.4, -0.2) is 24.6 Å². The van der Waals surface area contributed by atoms with E-state index in [9.17, 15) is 4.79 Å². The van der Waals surface area contributed by atoms with Crippen molar-refractivity contribution in [2.24, 2.45) is 5.73 Å². The maximum absolute atomic E-state index is 11.0. The summed E-state index contributed by atoms with van der Waals surface area (Å²) in [6.07, 6.45) is 0. The second-order valence-corrected chi connectivity index (χ2v) is 3.89. The number of aromatic amines is 1. The smallest absolute Gasteiger partial charge is 0.408 e. The van der Waals surface area contributed by atoms with Gasteiger partial charge in [-0.3, -0.25) is 4.98 Å². The van der Waals surface area contributed by atoms with Gasteiger partial charge in [0, 0.05) is 31.4 Å². The first kappa shape index (κ1) is 10.8. The quantitative estimate of drug-likeness (QED) is 0.807. The van der Waals surface area contributed by atoms with E-state index in [4.69, 9.17) is 10.2 Å². The molecule has 0 saturated carbocycles. The molecule has 0 bridgehead atoms. The lowest BCUT2D eigenvalue weighted by atomic mass is 10.2. The van der Waals surface area contributed by atoms with Crippen LogP contribution in [-0.2, 0) is 0 Å². The Balaban J connectivity index is 2.42. The lowest BCUT2D eigenvalue weighted by Crippen LogP contribution is -2.35. The molecule has 1 heterocycles. The van der Waals surface area contributed by atoms with Crippen LogP contribution in [0.2, 0.25) is 0 Å². The third kappa shape index (κ3) is 1.81. The summed E-state index contributed by atoms with van der Waals surface area (Å²) >= 11 is 0. The number of hydrogen-bond donors (Lipinski definition) is 2. The lowest BCUT2D eigenvalue weighted by molar-refractivity contribution is 0.555. The zero-order valence-electron chi connectivity index (χ0n) is 9.36. The number of rotatable bonds is 3. The molecule has 1 unspecified atom stereocenters. The molecule has 0 aliphatic carbocycles. The van der Waals surface area contributed by atoms with Crippen LogP contribution in [0.25, 0.3) is 11.1 Å². The van der Waals surface area contributed by atoms with Crippen LogP contribution in [0.15, 0.2) is 27.4 Å². The van der Waals surface area contributed by atoms with Gasteiger partial charge in [-0.05, 0) is 19.1 Å². The van der Waals surface area contributed by atoms with E-state index in [1.54, 1.807) is 0 Å². The molecule has 5 nitrogen and oxygen atoms in total. The topological polar surface area (TPSA) is 75.3 Å². The fourth-order valence-electron chi connectivity index (χ4n) is 1.57. The molecular formula is C11H15N3O2. The van der Waals surface area contributed by atoms with Gasteiger partial charge in [0.05, 0.1) is 5.52 Å². The number of hydrogen-bond acceptors (Lipinski definition) is 4. The third-order valence-electron chi connectivity index (χ3n) is 2.81. The standard InChI is InChI=1S/C11H15N3O2/c1-7(6-12)14(2)8-3-4-9-10(5-8)16-11(15)13-9/h3-5,7H,6,12H2,1-2H3,(H,13,15). The molecule has 3 N–H and O–H groups in total. The summed E-state index contributed by atoms with van der Waals surface area (Å²) in [5.74, 6) is -0.429. The summed E-state index contributed by atoms with van der Waals surface area (Å²) < 4.78 is 5.00. The zero-order valence-corrected chi connectivity index (χ0v) is 9.36. The molecular weight excluding hydrogens is 206 g/mol. The largest absolute Gasteiger partial charge is 0.417 e. The van der Waals surface area contributed by atoms with Gasteiger partial charge in [0.1, 0.15) is 0 Å². The minimum absolute atomic E-state index is 0.239. The van der Waals surface area contributed by atoms with Crippen molar-refractivity contribution in [3.05, 3.63) is 28.7 Å². The Bertz CT molecular complexity index is 543. The van der Waals surface area contributed by atoms with Gasteiger partial charge in [0.15, 0.2) is 5.58 Å². The SMILES string of the molecule is CC(CN)N(C)c1ccc2[nH]c(=O)oc2c1. The predicted molar refractivity (Wildman–Crippen MR) is 63.8 cm³/mol. The van der Waals surface area contributed by atoms with E-state index in [1.807, 2.05) is 37.1 Å². The first-order chi connectivity index (χ1) is 7.61. The first-order valence-corrected chi connectivity index (χ1v) is 5.17. The van der Waals surface area contributed by atoms with E-state index in [1.165, 1.54) is 0 Å². The van der Waals surface area contributed by atoms with E-state index >= 15 is 0 Å². The molecule has 0 spiro atoms. The van der Waals surface area contributed by atoms with Crippen LogP contribution >= 0.6 is 0 Å². The highest BCUT2D eigenvalue weighted by molar-refractivity contribution is 5.77. The Morgan fingerprint density at radius 2 is 2.31 bits per heavy atom. The minimum atomic E-state index is -0.429. The van der Waals surface area contributed by atoms with Crippen molar-refractivity contribution in [3.8, 4) is 0 Å². The molecule has 2 aromatic rings. The molecule has 86 valence electrons. The number of likely N-dealkylation sites (N-methyl/N-ethyl adjacent to an activating group) is 1. The van der Waals surface area contributed by atoms with Gasteiger partial charge in [0.2, 0.25) is 0 Å². The summed E-state index contributed by atoms with van der Waals surface area (Å²) in [6.45, 7) is 2.61. The van der Waals surface area contributed by atoms with Crippen molar-refractivity contribution in [1.29, 1.82) is 0 Å². The molecule has 1 aromatic carbocycles. The van der Waals surface area contributed by atoms with E-state index in [-0.39, 0.29) is 6.04 Å². The predicted octanol–water partition coefficient (Wildman–Crippen LogP) is 0.905. The molecule has 1 atom stereocenters. The Morgan fingerprint density at radius 3 is 3.00 bits per heavy atom. The first-order valence-electron chi connectivity index (χ1n) is 5.17. The molecule has 0 aliphatic heterocycles. The molecule has 2 rings (SSSR count). The summed E-state index contributed by atoms with van der Waals surface area (Å²) in [7, 11) is 1.96. The highest BCUT2D eigenvalue weighted by atomic mass is 16.4. The lowest BCUT2D eigenvalue weighted by Gasteiger charge is -2.25. The van der Waals surface area contributed by atoms with Crippen molar-refractivity contribution < 1.29 is 4.42 Å². The molecule has 5 heteroatoms. The zero-order chi connectivity index (χ0) is 11.7. The maximum atomic E-state index is 11.0. The molecule has 0 amide bonds. The van der Waals surface area contributed by atoms with E-state index < -0.39 is 5.76 Å². The van der Waals surface area contributed by atoms with Crippen LogP contribution in [0.5, 0.6) is 0 Å². The number of anilines is 1. The summed E-state index contributed by atoms with van der Waals surface area (Å²) in [5.41, 5.74) is 7.86. The van der Waals surface area contributed by atoms with Crippen molar-refractivity contribution in [2.75, 3.05) is 18.5 Å². The fraction of sp³-hybridized carbons (Fsp3) is 0.364. The van der Waals surface area contributed by atoms with Crippen LogP contribution in [0, 0.1) is 0 Å². The Labute approximate surface area is 92.8 Å². The number of aromatic nitrogens is 1. The van der Waals surface area contributed by atoms with Crippen LogP contribution in [0.4, 0.5) is 5.69 Å². The summed E-state index contributed by atoms with van der Waals surface area (Å²) in [6, 6.07) is 5.83. The number of oxazole rings is 1. The van der Waals surface area contributed by atoms with Crippen molar-refractivity contribution >= 4 is 16.8 Å². The van der Waals surface area contributed by atoms with Gasteiger partial charge < -0.3 is 15.1 Å². The maximum Gasteiger partial charge on any atom is 0.417 e. The Kier molecular flexibility index (Phi) is 2.70. The monoisotopic (exact) mass is 221 g/mol. The van der Waals surface area contributed by atoms with Crippen molar-refractivity contribution in [3.63, 3.8) is 0 Å². The molecule has 1 aromatic heterocycles. The highest BCUT2D eigenvalue weighted by Crippen LogP contribution is 2.20. The van der Waals surface area contributed by atoms with Crippen LogP contribution < -0.4 is 16.4 Å². The average molecular weight is 221 g/mol. The van der Waals surface area contributed by atoms with Gasteiger partial charge in [0.25, 0.3) is 0 Å². The second kappa shape index (κ2) is 4.02. The Hall–Kier alpha value is -1.75. The number of nitrogens with two attached hydrogens (primary N) is 1. The molecule has 16 heavy (non-hydrogen) atoms. The van der Waals surface area contributed by atoms with Crippen LogP contribution in [0.3, 0.4) is 0 Å². The van der Waals surface area contributed by atoms with Gasteiger partial charge in [-0.1, -0.05) is 0 Å². The van der Waals surface area contributed by atoms with E-state index in [2.05, 4.69) is 4.98 Å². The van der Waals surface area contributed by atoms with Gasteiger partial charge in [-0.2, -0.15) is 0 Å². The summed E-state index contributed by atoms with van der Waals surface area (Å²) in [4.78, 5) is 15.7. The number of H-pyrrole nitrogens is 1. The number of nitrogens with one attached hydrogen (secondary N) is 1. The minimum Gasteiger partial charge on any atom is -0.408 e. The molecule has 0 saturated heterocycles. The summed E-state index contributed by atoms with van der Waals surface area (Å²) in [5, 5.41) is 0. The van der Waals surface area contributed by atoms with E-state index in [0.29, 0.717) is 17.6 Å². The van der Waals surface area contributed by atoms with Gasteiger partial charge in [-0.15, -0.1) is 0 Å². The van der Waals surface area contributed by atoms with Gasteiger partial charge in [-0.25, -0.2) is 4.79 Å². The van der Waals surface area contributed by atoms with Crippen molar-refractivity contribution in [2.45, 2.75) is 13.0 Å². The number of fused-ring (bicyclic) bond motifs is 1. The van der Waals surface area contributed by atoms with Gasteiger partial charge >= 0.3 is 5.76 Å². The molecule has 0 aliphatic rings. The highest BCUT2D eigenvalue weighted by Gasteiger charge is 2.10. The fourth-order valence-corrected chi connectivity index (χ4v) is 1.57. The third-order valence-corrected chi connectivity index (χ3v) is 2.81.